The Morgan fingerprint density at radius 1 is 1.06 bits per heavy atom. The summed E-state index contributed by atoms with van der Waals surface area (Å²) in [6.07, 6.45) is 0. The molecule has 1 heterocycles. The molecule has 2 aromatic rings. The fourth-order valence-electron chi connectivity index (χ4n) is 1.18. The first-order valence-corrected chi connectivity index (χ1v) is 5.87. The molecule has 0 aliphatic heterocycles. The van der Waals surface area contributed by atoms with Crippen molar-refractivity contribution in [2.75, 3.05) is 0 Å². The van der Waals surface area contributed by atoms with Gasteiger partial charge in [0.1, 0.15) is 0 Å². The van der Waals surface area contributed by atoms with Crippen molar-refractivity contribution in [1.82, 2.24) is 9.97 Å². The molecule has 0 spiro atoms. The molecule has 7 nitrogen and oxygen atoms in total. The van der Waals surface area contributed by atoms with Gasteiger partial charge in [-0.2, -0.15) is 5.11 Å². The standard InChI is InChI=1S/C10H7IN4O3/c11-5-1-3-6(4-2-5)14-15-7-8(16)12-10(18)13-9(7)17/h1-4H,(H3,12,13,16,17,18). The van der Waals surface area contributed by atoms with Gasteiger partial charge in [0.25, 0.3) is 5.56 Å². The van der Waals surface area contributed by atoms with Crippen LogP contribution in [0.15, 0.2) is 44.1 Å². The van der Waals surface area contributed by atoms with Crippen molar-refractivity contribution in [2.24, 2.45) is 10.2 Å². The second-order valence-corrected chi connectivity index (χ2v) is 4.53. The van der Waals surface area contributed by atoms with Crippen molar-refractivity contribution in [2.45, 2.75) is 0 Å². The first kappa shape index (κ1) is 12.5. The van der Waals surface area contributed by atoms with Crippen LogP contribution in [0.5, 0.6) is 5.88 Å². The summed E-state index contributed by atoms with van der Waals surface area (Å²) >= 11 is 2.14. The molecule has 3 N–H and O–H groups in total. The molecule has 0 unspecified atom stereocenters. The molecule has 92 valence electrons. The third kappa shape index (κ3) is 2.83. The Morgan fingerprint density at radius 3 is 2.33 bits per heavy atom. The molecule has 0 atom stereocenters. The molecule has 2 rings (SSSR count). The van der Waals surface area contributed by atoms with Crippen LogP contribution >= 0.6 is 22.6 Å². The summed E-state index contributed by atoms with van der Waals surface area (Å²) in [5.74, 6) is -0.613. The average molecular weight is 358 g/mol. The maximum absolute atomic E-state index is 11.3. The topological polar surface area (TPSA) is 111 Å². The number of hydrogen-bond donors (Lipinski definition) is 3. The largest absolute Gasteiger partial charge is 0.493 e. The third-order valence-corrected chi connectivity index (χ3v) is 2.71. The van der Waals surface area contributed by atoms with Crippen LogP contribution in [0.2, 0.25) is 0 Å². The fraction of sp³-hybridized carbons (Fsp3) is 0. The van der Waals surface area contributed by atoms with Crippen molar-refractivity contribution in [3.05, 3.63) is 48.7 Å². The molecule has 0 radical (unpaired) electrons. The monoisotopic (exact) mass is 358 g/mol. The van der Waals surface area contributed by atoms with E-state index in [2.05, 4.69) is 32.8 Å². The second-order valence-electron chi connectivity index (χ2n) is 3.28. The van der Waals surface area contributed by atoms with E-state index in [9.17, 15) is 14.7 Å². The molecule has 0 bridgehead atoms. The summed E-state index contributed by atoms with van der Waals surface area (Å²) in [7, 11) is 0. The van der Waals surface area contributed by atoms with Gasteiger partial charge < -0.3 is 5.11 Å². The van der Waals surface area contributed by atoms with Gasteiger partial charge in [-0.05, 0) is 46.9 Å². The van der Waals surface area contributed by atoms with E-state index in [1.54, 1.807) is 12.1 Å². The number of hydrogen-bond acceptors (Lipinski definition) is 5. The fourth-order valence-corrected chi connectivity index (χ4v) is 1.54. The lowest BCUT2D eigenvalue weighted by Gasteiger charge is -1.95. The van der Waals surface area contributed by atoms with Gasteiger partial charge in [0.05, 0.1) is 5.69 Å². The summed E-state index contributed by atoms with van der Waals surface area (Å²) in [4.78, 5) is 26.1. The Kier molecular flexibility index (Phi) is 3.55. The number of rotatable bonds is 2. The Morgan fingerprint density at radius 2 is 1.72 bits per heavy atom. The zero-order valence-electron chi connectivity index (χ0n) is 8.85. The summed E-state index contributed by atoms with van der Waals surface area (Å²) in [6, 6.07) is 7.07. The van der Waals surface area contributed by atoms with Crippen LogP contribution in [0.25, 0.3) is 0 Å². The van der Waals surface area contributed by atoms with Crippen LogP contribution in [0.1, 0.15) is 0 Å². The number of halogens is 1. The molecule has 0 fully saturated rings. The van der Waals surface area contributed by atoms with Crippen molar-refractivity contribution < 1.29 is 5.11 Å². The molecular weight excluding hydrogens is 351 g/mol. The van der Waals surface area contributed by atoms with Gasteiger partial charge in [-0.15, -0.1) is 5.11 Å². The summed E-state index contributed by atoms with van der Waals surface area (Å²) in [5, 5.41) is 16.8. The number of aromatic amines is 2. The van der Waals surface area contributed by atoms with Gasteiger partial charge in [0, 0.05) is 3.57 Å². The van der Waals surface area contributed by atoms with Crippen LogP contribution in [0.3, 0.4) is 0 Å². The van der Waals surface area contributed by atoms with Crippen molar-refractivity contribution in [3.8, 4) is 5.88 Å². The van der Waals surface area contributed by atoms with E-state index in [0.29, 0.717) is 5.69 Å². The number of benzene rings is 1. The zero-order chi connectivity index (χ0) is 13.1. The van der Waals surface area contributed by atoms with Gasteiger partial charge in [-0.25, -0.2) is 4.79 Å². The van der Waals surface area contributed by atoms with E-state index in [0.717, 1.165) is 3.57 Å². The molecule has 0 amide bonds. The minimum Gasteiger partial charge on any atom is -0.493 e. The molecular formula is C10H7IN4O3. The van der Waals surface area contributed by atoms with E-state index in [1.807, 2.05) is 22.1 Å². The maximum atomic E-state index is 11.3. The number of azo groups is 1. The normalized spacial score (nSPS) is 10.9. The zero-order valence-corrected chi connectivity index (χ0v) is 11.0. The minimum atomic E-state index is -0.800. The van der Waals surface area contributed by atoms with Gasteiger partial charge >= 0.3 is 5.69 Å². The van der Waals surface area contributed by atoms with Crippen molar-refractivity contribution in [3.63, 3.8) is 0 Å². The second kappa shape index (κ2) is 5.12. The Labute approximate surface area is 114 Å². The first-order chi connectivity index (χ1) is 8.56. The van der Waals surface area contributed by atoms with Gasteiger partial charge in [0.2, 0.25) is 11.6 Å². The van der Waals surface area contributed by atoms with Gasteiger partial charge in [0.15, 0.2) is 0 Å². The van der Waals surface area contributed by atoms with E-state index in [4.69, 9.17) is 0 Å². The smallest absolute Gasteiger partial charge is 0.328 e. The number of H-pyrrole nitrogens is 2. The average Bonchev–Trinajstić information content (AvgIpc) is 2.30. The SMILES string of the molecule is O=c1[nH]c(O)c(N=Nc2ccc(I)cc2)c(=O)[nH]1. The lowest BCUT2D eigenvalue weighted by Crippen LogP contribution is -2.20. The predicted molar refractivity (Wildman–Crippen MR) is 72.7 cm³/mol. The van der Waals surface area contributed by atoms with E-state index < -0.39 is 17.1 Å². The van der Waals surface area contributed by atoms with E-state index >= 15 is 0 Å². The highest BCUT2D eigenvalue weighted by molar-refractivity contribution is 14.1. The van der Waals surface area contributed by atoms with Crippen molar-refractivity contribution >= 4 is 34.0 Å². The first-order valence-electron chi connectivity index (χ1n) is 4.79. The van der Waals surface area contributed by atoms with Crippen LogP contribution in [0.4, 0.5) is 11.4 Å². The molecule has 0 saturated heterocycles. The van der Waals surface area contributed by atoms with Crippen molar-refractivity contribution in [1.29, 1.82) is 0 Å². The highest BCUT2D eigenvalue weighted by atomic mass is 127. The highest BCUT2D eigenvalue weighted by Gasteiger charge is 2.06. The quantitative estimate of drug-likeness (QED) is 0.562. The molecule has 1 aromatic heterocycles. The summed E-state index contributed by atoms with van der Waals surface area (Å²) in [6.45, 7) is 0. The molecule has 0 aliphatic carbocycles. The molecule has 0 saturated carbocycles. The number of aromatic hydroxyl groups is 1. The van der Waals surface area contributed by atoms with E-state index in [1.165, 1.54) is 0 Å². The highest BCUT2D eigenvalue weighted by Crippen LogP contribution is 2.20. The molecule has 0 aliphatic rings. The number of nitrogens with one attached hydrogen (secondary N) is 2. The van der Waals surface area contributed by atoms with Gasteiger partial charge in [-0.1, -0.05) is 0 Å². The van der Waals surface area contributed by atoms with Gasteiger partial charge in [-0.3, -0.25) is 14.8 Å². The number of aromatic nitrogens is 2. The lowest BCUT2D eigenvalue weighted by atomic mass is 10.3. The Balaban J connectivity index is 2.38. The lowest BCUT2D eigenvalue weighted by molar-refractivity contribution is 0.450. The van der Waals surface area contributed by atoms with Crippen LogP contribution in [0, 0.1) is 3.57 Å². The number of nitrogens with zero attached hydrogens (tertiary/aromatic N) is 2. The maximum Gasteiger partial charge on any atom is 0.328 e. The third-order valence-electron chi connectivity index (χ3n) is 1.99. The van der Waals surface area contributed by atoms with Crippen LogP contribution in [-0.2, 0) is 0 Å². The van der Waals surface area contributed by atoms with Crippen LogP contribution < -0.4 is 11.2 Å². The molecule has 18 heavy (non-hydrogen) atoms. The Bertz CT molecular complexity index is 702. The molecule has 8 heteroatoms. The summed E-state index contributed by atoms with van der Waals surface area (Å²) < 4.78 is 1.04. The molecule has 1 aromatic carbocycles. The van der Waals surface area contributed by atoms with E-state index in [-0.39, 0.29) is 5.69 Å². The summed E-state index contributed by atoms with van der Waals surface area (Å²) in [5.41, 5.74) is -1.41. The predicted octanol–water partition coefficient (Wildman–Crippen LogP) is 1.79. The van der Waals surface area contributed by atoms with Crippen LogP contribution in [-0.4, -0.2) is 15.1 Å². The minimum absolute atomic E-state index is 0.340. The Hall–Kier alpha value is -1.97.